The number of anilines is 1. The van der Waals surface area contributed by atoms with Crippen LogP contribution in [-0.2, 0) is 0 Å². The first kappa shape index (κ1) is 15.3. The van der Waals surface area contributed by atoms with Crippen molar-refractivity contribution in [2.45, 2.75) is 19.4 Å². The quantitative estimate of drug-likeness (QED) is 0.591. The Labute approximate surface area is 146 Å². The SMILES string of the molecule is CC[C@@H](Nc1cc(-c2ccccc2)nc2ccnn12)c1ccncc1. The lowest BCUT2D eigenvalue weighted by atomic mass is 10.1. The van der Waals surface area contributed by atoms with Crippen molar-refractivity contribution >= 4 is 11.5 Å². The van der Waals surface area contributed by atoms with Gasteiger partial charge in [0.1, 0.15) is 5.82 Å². The highest BCUT2D eigenvalue weighted by Crippen LogP contribution is 2.26. The summed E-state index contributed by atoms with van der Waals surface area (Å²) in [5.74, 6) is 0.928. The molecule has 0 aliphatic rings. The van der Waals surface area contributed by atoms with E-state index in [1.54, 1.807) is 6.20 Å². The van der Waals surface area contributed by atoms with Crippen LogP contribution >= 0.6 is 0 Å². The van der Waals surface area contributed by atoms with Gasteiger partial charge < -0.3 is 5.32 Å². The molecular weight excluding hydrogens is 310 g/mol. The van der Waals surface area contributed by atoms with Crippen LogP contribution in [0.3, 0.4) is 0 Å². The zero-order valence-corrected chi connectivity index (χ0v) is 14.0. The second-order valence-electron chi connectivity index (χ2n) is 5.88. The van der Waals surface area contributed by atoms with E-state index in [1.165, 1.54) is 5.56 Å². The van der Waals surface area contributed by atoms with Gasteiger partial charge in [0.25, 0.3) is 0 Å². The minimum Gasteiger partial charge on any atom is -0.363 e. The molecule has 0 amide bonds. The summed E-state index contributed by atoms with van der Waals surface area (Å²) in [6.07, 6.45) is 6.38. The van der Waals surface area contributed by atoms with Crippen LogP contribution in [0, 0.1) is 0 Å². The van der Waals surface area contributed by atoms with Crippen molar-refractivity contribution in [1.82, 2.24) is 19.6 Å². The van der Waals surface area contributed by atoms with Gasteiger partial charge in [-0.05, 0) is 24.1 Å². The number of pyridine rings is 1. The van der Waals surface area contributed by atoms with Crippen molar-refractivity contribution in [1.29, 1.82) is 0 Å². The van der Waals surface area contributed by atoms with E-state index >= 15 is 0 Å². The summed E-state index contributed by atoms with van der Waals surface area (Å²) in [6, 6.07) is 18.4. The van der Waals surface area contributed by atoms with E-state index in [0.29, 0.717) is 0 Å². The summed E-state index contributed by atoms with van der Waals surface area (Å²) < 4.78 is 1.84. The van der Waals surface area contributed by atoms with Crippen molar-refractivity contribution in [3.05, 3.63) is 78.8 Å². The average Bonchev–Trinajstić information content (AvgIpc) is 3.16. The third kappa shape index (κ3) is 3.08. The molecule has 5 nitrogen and oxygen atoms in total. The van der Waals surface area contributed by atoms with Crippen molar-refractivity contribution < 1.29 is 0 Å². The first-order valence-electron chi connectivity index (χ1n) is 8.42. The Hall–Kier alpha value is -3.21. The zero-order chi connectivity index (χ0) is 17.1. The first-order valence-corrected chi connectivity index (χ1v) is 8.42. The van der Waals surface area contributed by atoms with Crippen molar-refractivity contribution in [3.8, 4) is 11.3 Å². The second kappa shape index (κ2) is 6.73. The number of fused-ring (bicyclic) bond motifs is 1. The largest absolute Gasteiger partial charge is 0.363 e. The van der Waals surface area contributed by atoms with Crippen LogP contribution in [0.5, 0.6) is 0 Å². The zero-order valence-electron chi connectivity index (χ0n) is 14.0. The van der Waals surface area contributed by atoms with Gasteiger partial charge in [0, 0.05) is 30.1 Å². The van der Waals surface area contributed by atoms with E-state index in [0.717, 1.165) is 29.1 Å². The molecule has 3 aromatic heterocycles. The monoisotopic (exact) mass is 329 g/mol. The molecule has 3 heterocycles. The maximum absolute atomic E-state index is 4.72. The molecule has 1 aromatic carbocycles. The molecule has 5 heteroatoms. The highest BCUT2D eigenvalue weighted by molar-refractivity contribution is 5.66. The summed E-state index contributed by atoms with van der Waals surface area (Å²) >= 11 is 0. The van der Waals surface area contributed by atoms with Gasteiger partial charge in [0.2, 0.25) is 0 Å². The summed E-state index contributed by atoms with van der Waals surface area (Å²) in [4.78, 5) is 8.83. The van der Waals surface area contributed by atoms with Crippen LogP contribution in [0.15, 0.2) is 73.2 Å². The molecule has 0 aliphatic heterocycles. The normalized spacial score (nSPS) is 12.2. The molecule has 0 radical (unpaired) electrons. The second-order valence-corrected chi connectivity index (χ2v) is 5.88. The Morgan fingerprint density at radius 3 is 2.56 bits per heavy atom. The van der Waals surface area contributed by atoms with Gasteiger partial charge in [0.05, 0.1) is 17.9 Å². The average molecular weight is 329 g/mol. The summed E-state index contributed by atoms with van der Waals surface area (Å²) in [7, 11) is 0. The molecule has 0 bridgehead atoms. The molecule has 0 aliphatic carbocycles. The Balaban J connectivity index is 1.77. The molecule has 0 saturated carbocycles. The molecule has 0 unspecified atom stereocenters. The predicted octanol–water partition coefficient (Wildman–Crippen LogP) is 4.35. The minimum atomic E-state index is 0.182. The number of rotatable bonds is 5. The van der Waals surface area contributed by atoms with Crippen molar-refractivity contribution in [2.24, 2.45) is 0 Å². The van der Waals surface area contributed by atoms with Crippen molar-refractivity contribution in [3.63, 3.8) is 0 Å². The number of hydrogen-bond donors (Lipinski definition) is 1. The predicted molar refractivity (Wildman–Crippen MR) is 99.3 cm³/mol. The van der Waals surface area contributed by atoms with Crippen LogP contribution in [0.4, 0.5) is 5.82 Å². The van der Waals surface area contributed by atoms with Crippen LogP contribution in [-0.4, -0.2) is 19.6 Å². The Bertz CT molecular complexity index is 963. The fourth-order valence-corrected chi connectivity index (χ4v) is 2.97. The number of hydrogen-bond acceptors (Lipinski definition) is 4. The van der Waals surface area contributed by atoms with Crippen molar-refractivity contribution in [2.75, 3.05) is 5.32 Å². The fraction of sp³-hybridized carbons (Fsp3) is 0.150. The van der Waals surface area contributed by atoms with E-state index in [1.807, 2.05) is 53.3 Å². The Morgan fingerprint density at radius 2 is 1.80 bits per heavy atom. The number of nitrogens with zero attached hydrogens (tertiary/aromatic N) is 4. The van der Waals surface area contributed by atoms with Gasteiger partial charge >= 0.3 is 0 Å². The lowest BCUT2D eigenvalue weighted by Gasteiger charge is -2.19. The van der Waals surface area contributed by atoms with Gasteiger partial charge in [-0.3, -0.25) is 4.98 Å². The smallest absolute Gasteiger partial charge is 0.157 e. The lowest BCUT2D eigenvalue weighted by Crippen LogP contribution is -2.13. The fourth-order valence-electron chi connectivity index (χ4n) is 2.97. The third-order valence-electron chi connectivity index (χ3n) is 4.27. The number of benzene rings is 1. The van der Waals surface area contributed by atoms with Crippen LogP contribution < -0.4 is 5.32 Å². The summed E-state index contributed by atoms with van der Waals surface area (Å²) in [5.41, 5.74) is 4.05. The molecule has 4 aromatic rings. The molecule has 25 heavy (non-hydrogen) atoms. The number of nitrogens with one attached hydrogen (secondary N) is 1. The van der Waals surface area contributed by atoms with Gasteiger partial charge in [-0.15, -0.1) is 0 Å². The first-order chi connectivity index (χ1) is 12.3. The van der Waals surface area contributed by atoms with Crippen LogP contribution in [0.25, 0.3) is 16.9 Å². The van der Waals surface area contributed by atoms with Gasteiger partial charge in [-0.25, -0.2) is 4.98 Å². The van der Waals surface area contributed by atoms with Crippen LogP contribution in [0.2, 0.25) is 0 Å². The highest BCUT2D eigenvalue weighted by Gasteiger charge is 2.13. The Morgan fingerprint density at radius 1 is 1.00 bits per heavy atom. The third-order valence-corrected chi connectivity index (χ3v) is 4.27. The van der Waals surface area contributed by atoms with Gasteiger partial charge in [-0.2, -0.15) is 9.61 Å². The van der Waals surface area contributed by atoms with E-state index in [-0.39, 0.29) is 6.04 Å². The molecule has 1 N–H and O–H groups in total. The summed E-state index contributed by atoms with van der Waals surface area (Å²) in [6.45, 7) is 2.16. The molecule has 0 spiro atoms. The van der Waals surface area contributed by atoms with E-state index in [4.69, 9.17) is 4.98 Å². The maximum Gasteiger partial charge on any atom is 0.157 e. The molecule has 124 valence electrons. The lowest BCUT2D eigenvalue weighted by molar-refractivity contribution is 0.734. The van der Waals surface area contributed by atoms with E-state index in [2.05, 4.69) is 40.5 Å². The standard InChI is InChI=1S/C20H19N5/c1-2-17(16-8-11-21-12-9-16)23-20-14-18(15-6-4-3-5-7-15)24-19-10-13-22-25(19)20/h3-14,17,23H,2H2,1H3/t17-/m1/s1. The van der Waals surface area contributed by atoms with Gasteiger partial charge in [-0.1, -0.05) is 37.3 Å². The minimum absolute atomic E-state index is 0.182. The molecule has 0 saturated heterocycles. The number of aromatic nitrogens is 4. The topological polar surface area (TPSA) is 55.1 Å². The van der Waals surface area contributed by atoms with Crippen LogP contribution in [0.1, 0.15) is 24.9 Å². The molecule has 0 fully saturated rings. The van der Waals surface area contributed by atoms with Gasteiger partial charge in [0.15, 0.2) is 5.65 Å². The molecular formula is C20H19N5. The van der Waals surface area contributed by atoms with E-state index < -0.39 is 0 Å². The van der Waals surface area contributed by atoms with E-state index in [9.17, 15) is 0 Å². The molecule has 1 atom stereocenters. The highest BCUT2D eigenvalue weighted by atomic mass is 15.3. The summed E-state index contributed by atoms with van der Waals surface area (Å²) in [5, 5.41) is 8.03. The molecule has 4 rings (SSSR count). The maximum atomic E-state index is 4.72. The Kier molecular flexibility index (Phi) is 4.12.